The highest BCUT2D eigenvalue weighted by Crippen LogP contribution is 2.26. The van der Waals surface area contributed by atoms with E-state index in [4.69, 9.17) is 5.11 Å². The molecule has 3 aromatic rings. The smallest absolute Gasteiger partial charge is 0.339 e. The Kier molecular flexibility index (Phi) is 4.87. The molecule has 0 heterocycles. The number of aromatic carboxylic acids is 1. The first-order valence-electron chi connectivity index (χ1n) is 8.02. The van der Waals surface area contributed by atoms with Gasteiger partial charge in [-0.2, -0.15) is 0 Å². The van der Waals surface area contributed by atoms with Crippen LogP contribution in [0.5, 0.6) is 5.75 Å². The Morgan fingerprint density at radius 3 is 2.26 bits per heavy atom. The standard InChI is InChI=1S/C20H17NO5S/c1-13-5-7-14(8-6-13)15-3-2-4-17(11-15)27(25,26)21-16-9-10-18(20(23)24)19(22)12-16/h2-12,21-22H,1H3,(H,23,24). The molecule has 0 amide bonds. The Balaban J connectivity index is 1.91. The SMILES string of the molecule is Cc1ccc(-c2cccc(S(=O)(=O)Nc3ccc(C(=O)O)c(O)c3)c2)cc1. The van der Waals surface area contributed by atoms with Crippen molar-refractivity contribution in [1.29, 1.82) is 0 Å². The molecule has 0 bridgehead atoms. The molecule has 0 fully saturated rings. The predicted octanol–water partition coefficient (Wildman–Crippen LogP) is 3.87. The molecule has 0 saturated heterocycles. The van der Waals surface area contributed by atoms with Crippen LogP contribution >= 0.6 is 0 Å². The fourth-order valence-electron chi connectivity index (χ4n) is 2.58. The highest BCUT2D eigenvalue weighted by atomic mass is 32.2. The van der Waals surface area contributed by atoms with Crippen molar-refractivity contribution < 1.29 is 23.4 Å². The fourth-order valence-corrected chi connectivity index (χ4v) is 3.67. The van der Waals surface area contributed by atoms with E-state index in [0.717, 1.165) is 28.8 Å². The second-order valence-corrected chi connectivity index (χ2v) is 7.72. The maximum absolute atomic E-state index is 12.7. The lowest BCUT2D eigenvalue weighted by atomic mass is 10.0. The van der Waals surface area contributed by atoms with Crippen LogP contribution in [0.25, 0.3) is 11.1 Å². The number of nitrogens with one attached hydrogen (secondary N) is 1. The van der Waals surface area contributed by atoms with Gasteiger partial charge in [-0.3, -0.25) is 4.72 Å². The number of rotatable bonds is 5. The first kappa shape index (κ1) is 18.5. The lowest BCUT2D eigenvalue weighted by Crippen LogP contribution is -2.13. The van der Waals surface area contributed by atoms with E-state index in [1.54, 1.807) is 12.1 Å². The molecule has 0 spiro atoms. The third-order valence-electron chi connectivity index (χ3n) is 4.01. The number of phenols is 1. The number of carboxylic acid groups (broad SMARTS) is 1. The fraction of sp³-hybridized carbons (Fsp3) is 0.0500. The third kappa shape index (κ3) is 4.09. The molecule has 0 atom stereocenters. The molecule has 3 N–H and O–H groups in total. The van der Waals surface area contributed by atoms with Crippen LogP contribution in [0.15, 0.2) is 71.6 Å². The van der Waals surface area contributed by atoms with Gasteiger partial charge in [0.1, 0.15) is 11.3 Å². The summed E-state index contributed by atoms with van der Waals surface area (Å²) in [4.78, 5) is 11.0. The van der Waals surface area contributed by atoms with Crippen LogP contribution < -0.4 is 4.72 Å². The number of carbonyl (C=O) groups is 1. The van der Waals surface area contributed by atoms with Crippen molar-refractivity contribution in [1.82, 2.24) is 0 Å². The van der Waals surface area contributed by atoms with Crippen molar-refractivity contribution in [3.8, 4) is 16.9 Å². The molecular formula is C20H17NO5S. The molecule has 138 valence electrons. The second-order valence-electron chi connectivity index (χ2n) is 6.04. The molecule has 0 aliphatic rings. The minimum atomic E-state index is -3.91. The van der Waals surface area contributed by atoms with Crippen LogP contribution in [-0.4, -0.2) is 24.6 Å². The van der Waals surface area contributed by atoms with E-state index in [-0.39, 0.29) is 16.1 Å². The van der Waals surface area contributed by atoms with Gasteiger partial charge in [0.2, 0.25) is 0 Å². The highest BCUT2D eigenvalue weighted by molar-refractivity contribution is 7.92. The second kappa shape index (κ2) is 7.13. The largest absolute Gasteiger partial charge is 0.507 e. The van der Waals surface area contributed by atoms with Crippen molar-refractivity contribution in [2.24, 2.45) is 0 Å². The number of aromatic hydroxyl groups is 1. The number of hydrogen-bond acceptors (Lipinski definition) is 4. The highest BCUT2D eigenvalue weighted by Gasteiger charge is 2.17. The number of hydrogen-bond donors (Lipinski definition) is 3. The number of carboxylic acids is 1. The summed E-state index contributed by atoms with van der Waals surface area (Å²) >= 11 is 0. The van der Waals surface area contributed by atoms with Gasteiger partial charge >= 0.3 is 5.97 Å². The van der Waals surface area contributed by atoms with Crippen LogP contribution in [0.4, 0.5) is 5.69 Å². The van der Waals surface area contributed by atoms with Crippen molar-refractivity contribution in [3.63, 3.8) is 0 Å². The summed E-state index contributed by atoms with van der Waals surface area (Å²) in [6.07, 6.45) is 0. The van der Waals surface area contributed by atoms with Crippen molar-refractivity contribution in [2.45, 2.75) is 11.8 Å². The van der Waals surface area contributed by atoms with Gasteiger partial charge < -0.3 is 10.2 Å². The average Bonchev–Trinajstić information content (AvgIpc) is 2.62. The third-order valence-corrected chi connectivity index (χ3v) is 5.39. The molecule has 3 aromatic carbocycles. The van der Waals surface area contributed by atoms with Crippen molar-refractivity contribution >= 4 is 21.7 Å². The summed E-state index contributed by atoms with van der Waals surface area (Å²) in [7, 11) is -3.91. The van der Waals surface area contributed by atoms with E-state index in [9.17, 15) is 18.3 Å². The zero-order valence-corrected chi connectivity index (χ0v) is 15.2. The first-order chi connectivity index (χ1) is 12.8. The summed E-state index contributed by atoms with van der Waals surface area (Å²) in [5.74, 6) is -1.82. The Morgan fingerprint density at radius 1 is 0.926 bits per heavy atom. The lowest BCUT2D eigenvalue weighted by Gasteiger charge is -2.11. The minimum Gasteiger partial charge on any atom is -0.507 e. The summed E-state index contributed by atoms with van der Waals surface area (Å²) < 4.78 is 27.7. The molecule has 0 aliphatic carbocycles. The number of anilines is 1. The van der Waals surface area contributed by atoms with Gasteiger partial charge in [-0.25, -0.2) is 13.2 Å². The maximum Gasteiger partial charge on any atom is 0.339 e. The van der Waals surface area contributed by atoms with Crippen LogP contribution in [0.1, 0.15) is 15.9 Å². The topological polar surface area (TPSA) is 104 Å². The zero-order chi connectivity index (χ0) is 19.6. The van der Waals surface area contributed by atoms with E-state index in [2.05, 4.69) is 4.72 Å². The molecule has 0 saturated carbocycles. The van der Waals surface area contributed by atoms with E-state index in [0.29, 0.717) is 0 Å². The van der Waals surface area contributed by atoms with Crippen LogP contribution in [-0.2, 0) is 10.0 Å². The van der Waals surface area contributed by atoms with Gasteiger partial charge in [0.25, 0.3) is 10.0 Å². The summed E-state index contributed by atoms with van der Waals surface area (Å²) in [5.41, 5.74) is 2.51. The molecule has 7 heteroatoms. The van der Waals surface area contributed by atoms with Crippen LogP contribution in [0, 0.1) is 6.92 Å². The normalized spacial score (nSPS) is 11.1. The molecule has 0 aromatic heterocycles. The van der Waals surface area contributed by atoms with Crippen LogP contribution in [0.3, 0.4) is 0 Å². The summed E-state index contributed by atoms with van der Waals surface area (Å²) in [6, 6.07) is 17.7. The van der Waals surface area contributed by atoms with Crippen LogP contribution in [0.2, 0.25) is 0 Å². The van der Waals surface area contributed by atoms with E-state index in [1.165, 1.54) is 12.1 Å². The molecule has 3 rings (SSSR count). The lowest BCUT2D eigenvalue weighted by molar-refractivity contribution is 0.0694. The monoisotopic (exact) mass is 383 g/mol. The summed E-state index contributed by atoms with van der Waals surface area (Å²) in [6.45, 7) is 1.97. The zero-order valence-electron chi connectivity index (χ0n) is 14.4. The molecule has 0 aliphatic heterocycles. The molecular weight excluding hydrogens is 366 g/mol. The first-order valence-corrected chi connectivity index (χ1v) is 9.51. The quantitative estimate of drug-likeness (QED) is 0.620. The van der Waals surface area contributed by atoms with E-state index in [1.807, 2.05) is 37.3 Å². The Hall–Kier alpha value is -3.32. The molecule has 0 unspecified atom stereocenters. The summed E-state index contributed by atoms with van der Waals surface area (Å²) in [5, 5.41) is 18.7. The van der Waals surface area contributed by atoms with Gasteiger partial charge in [-0.05, 0) is 42.3 Å². The van der Waals surface area contributed by atoms with Gasteiger partial charge in [-0.15, -0.1) is 0 Å². The Labute approximate surface area is 156 Å². The van der Waals surface area contributed by atoms with Gasteiger partial charge in [-0.1, -0.05) is 42.0 Å². The Bertz CT molecular complexity index is 1110. The minimum absolute atomic E-state index is 0.0578. The number of sulfonamides is 1. The Morgan fingerprint density at radius 2 is 1.63 bits per heavy atom. The number of benzene rings is 3. The van der Waals surface area contributed by atoms with Gasteiger partial charge in [0.05, 0.1) is 10.6 Å². The molecule has 27 heavy (non-hydrogen) atoms. The number of aryl methyl sites for hydroxylation is 1. The van der Waals surface area contributed by atoms with Gasteiger partial charge in [0, 0.05) is 6.07 Å². The van der Waals surface area contributed by atoms with Crippen molar-refractivity contribution in [2.75, 3.05) is 4.72 Å². The van der Waals surface area contributed by atoms with Gasteiger partial charge in [0.15, 0.2) is 0 Å². The van der Waals surface area contributed by atoms with E-state index < -0.39 is 21.7 Å². The molecule has 0 radical (unpaired) electrons. The van der Waals surface area contributed by atoms with Crippen molar-refractivity contribution in [3.05, 3.63) is 77.9 Å². The predicted molar refractivity (Wildman–Crippen MR) is 102 cm³/mol. The average molecular weight is 383 g/mol. The van der Waals surface area contributed by atoms with E-state index >= 15 is 0 Å². The molecule has 6 nitrogen and oxygen atoms in total. The maximum atomic E-state index is 12.7.